The Morgan fingerprint density at radius 2 is 2.18 bits per heavy atom. The fraction of sp³-hybridized carbons (Fsp3) is 0.357. The van der Waals surface area contributed by atoms with Crippen LogP contribution in [0.4, 0.5) is 0 Å². The van der Waals surface area contributed by atoms with Crippen LogP contribution >= 0.6 is 0 Å². The van der Waals surface area contributed by atoms with Crippen LogP contribution in [0.25, 0.3) is 10.8 Å². The number of hydrogen-bond acceptors (Lipinski definition) is 3. The zero-order chi connectivity index (χ0) is 11.5. The standard InChI is InChI=1S/C14H16N2O/c1-2-6-13-11(4-1)7-9-16-14(13)17-12-5-3-8-15-10-12/h1-2,4,6-7,9,12,15H,3,5,8,10H2/t12-/m0/s1. The molecular weight excluding hydrogens is 212 g/mol. The minimum atomic E-state index is 0.252. The second-order valence-corrected chi connectivity index (χ2v) is 4.42. The predicted molar refractivity (Wildman–Crippen MR) is 68.3 cm³/mol. The Bertz CT molecular complexity index is 501. The monoisotopic (exact) mass is 228 g/mol. The van der Waals surface area contributed by atoms with Crippen molar-refractivity contribution in [2.75, 3.05) is 13.1 Å². The summed E-state index contributed by atoms with van der Waals surface area (Å²) in [6.45, 7) is 2.02. The number of ether oxygens (including phenoxy) is 1. The van der Waals surface area contributed by atoms with E-state index in [1.165, 1.54) is 11.8 Å². The first kappa shape index (κ1) is 10.5. The molecule has 1 fully saturated rings. The van der Waals surface area contributed by atoms with Crippen molar-refractivity contribution in [1.82, 2.24) is 10.3 Å². The molecule has 1 saturated heterocycles. The van der Waals surface area contributed by atoms with Crippen LogP contribution < -0.4 is 10.1 Å². The highest BCUT2D eigenvalue weighted by atomic mass is 16.5. The van der Waals surface area contributed by atoms with Crippen LogP contribution in [-0.2, 0) is 0 Å². The van der Waals surface area contributed by atoms with Gasteiger partial charge in [0.15, 0.2) is 0 Å². The predicted octanol–water partition coefficient (Wildman–Crippen LogP) is 2.37. The largest absolute Gasteiger partial charge is 0.473 e. The van der Waals surface area contributed by atoms with Gasteiger partial charge in [-0.1, -0.05) is 18.2 Å². The zero-order valence-corrected chi connectivity index (χ0v) is 9.73. The second-order valence-electron chi connectivity index (χ2n) is 4.42. The number of pyridine rings is 1. The number of fused-ring (bicyclic) bond motifs is 1. The van der Waals surface area contributed by atoms with Crippen molar-refractivity contribution >= 4 is 10.8 Å². The third kappa shape index (κ3) is 2.24. The highest BCUT2D eigenvalue weighted by Crippen LogP contribution is 2.24. The first-order chi connectivity index (χ1) is 8.43. The molecule has 0 spiro atoms. The number of benzene rings is 1. The van der Waals surface area contributed by atoms with Crippen molar-refractivity contribution in [3.05, 3.63) is 36.5 Å². The van der Waals surface area contributed by atoms with E-state index in [0.29, 0.717) is 0 Å². The molecule has 0 amide bonds. The van der Waals surface area contributed by atoms with E-state index < -0.39 is 0 Å². The highest BCUT2D eigenvalue weighted by molar-refractivity contribution is 5.86. The van der Waals surface area contributed by atoms with Gasteiger partial charge in [-0.3, -0.25) is 0 Å². The Hall–Kier alpha value is -1.61. The molecule has 1 aromatic carbocycles. The van der Waals surface area contributed by atoms with Crippen LogP contribution in [0, 0.1) is 0 Å². The number of hydrogen-bond donors (Lipinski definition) is 1. The number of rotatable bonds is 2. The van der Waals surface area contributed by atoms with Gasteiger partial charge in [0.2, 0.25) is 5.88 Å². The number of piperidine rings is 1. The molecule has 88 valence electrons. The van der Waals surface area contributed by atoms with E-state index in [1.54, 1.807) is 0 Å². The van der Waals surface area contributed by atoms with Gasteiger partial charge in [0.05, 0.1) is 0 Å². The normalized spacial score (nSPS) is 20.4. The minimum Gasteiger partial charge on any atom is -0.473 e. The van der Waals surface area contributed by atoms with Crippen LogP contribution in [0.2, 0.25) is 0 Å². The smallest absolute Gasteiger partial charge is 0.221 e. The molecular formula is C14H16N2O. The van der Waals surface area contributed by atoms with Gasteiger partial charge in [0, 0.05) is 18.1 Å². The van der Waals surface area contributed by atoms with E-state index in [2.05, 4.69) is 22.4 Å². The van der Waals surface area contributed by atoms with Crippen LogP contribution in [-0.4, -0.2) is 24.2 Å². The lowest BCUT2D eigenvalue weighted by Crippen LogP contribution is -2.37. The first-order valence-electron chi connectivity index (χ1n) is 6.14. The average Bonchev–Trinajstić information content (AvgIpc) is 2.40. The third-order valence-corrected chi connectivity index (χ3v) is 3.17. The quantitative estimate of drug-likeness (QED) is 0.856. The van der Waals surface area contributed by atoms with Crippen LogP contribution in [0.15, 0.2) is 36.5 Å². The molecule has 3 nitrogen and oxygen atoms in total. The van der Waals surface area contributed by atoms with Gasteiger partial charge in [-0.05, 0) is 36.9 Å². The molecule has 3 heteroatoms. The van der Waals surface area contributed by atoms with E-state index in [-0.39, 0.29) is 6.10 Å². The molecule has 17 heavy (non-hydrogen) atoms. The summed E-state index contributed by atoms with van der Waals surface area (Å²) in [6, 6.07) is 10.2. The second kappa shape index (κ2) is 4.72. The van der Waals surface area contributed by atoms with Crippen molar-refractivity contribution in [2.24, 2.45) is 0 Å². The SMILES string of the molecule is c1ccc2c(O[C@H]3CCCNC3)nccc2c1. The fourth-order valence-electron chi connectivity index (χ4n) is 2.26. The summed E-state index contributed by atoms with van der Waals surface area (Å²) in [5.41, 5.74) is 0. The molecule has 1 atom stereocenters. The summed E-state index contributed by atoms with van der Waals surface area (Å²) in [6.07, 6.45) is 4.35. The van der Waals surface area contributed by atoms with Crippen molar-refractivity contribution in [2.45, 2.75) is 18.9 Å². The van der Waals surface area contributed by atoms with Gasteiger partial charge in [-0.25, -0.2) is 4.98 Å². The maximum absolute atomic E-state index is 5.99. The molecule has 1 aliphatic rings. The Labute approximate surface area is 101 Å². The van der Waals surface area contributed by atoms with E-state index in [4.69, 9.17) is 4.74 Å². The van der Waals surface area contributed by atoms with Crippen LogP contribution in [0.3, 0.4) is 0 Å². The lowest BCUT2D eigenvalue weighted by Gasteiger charge is -2.23. The summed E-state index contributed by atoms with van der Waals surface area (Å²) in [5.74, 6) is 0.761. The molecule has 0 unspecified atom stereocenters. The molecule has 1 aliphatic heterocycles. The van der Waals surface area contributed by atoms with Crippen molar-refractivity contribution in [1.29, 1.82) is 0 Å². The van der Waals surface area contributed by atoms with Gasteiger partial charge in [0.25, 0.3) is 0 Å². The Morgan fingerprint density at radius 3 is 3.06 bits per heavy atom. The Balaban J connectivity index is 1.89. The Morgan fingerprint density at radius 1 is 1.24 bits per heavy atom. The van der Waals surface area contributed by atoms with Crippen molar-refractivity contribution in [3.8, 4) is 5.88 Å². The number of nitrogens with zero attached hydrogens (tertiary/aromatic N) is 1. The molecule has 3 rings (SSSR count). The van der Waals surface area contributed by atoms with Gasteiger partial charge in [0.1, 0.15) is 6.10 Å². The Kier molecular flexibility index (Phi) is 2.92. The molecule has 1 N–H and O–H groups in total. The summed E-state index contributed by atoms with van der Waals surface area (Å²) in [7, 11) is 0. The maximum Gasteiger partial charge on any atom is 0.221 e. The van der Waals surface area contributed by atoms with Crippen LogP contribution in [0.1, 0.15) is 12.8 Å². The zero-order valence-electron chi connectivity index (χ0n) is 9.73. The molecule has 0 bridgehead atoms. The highest BCUT2D eigenvalue weighted by Gasteiger charge is 2.15. The van der Waals surface area contributed by atoms with Gasteiger partial charge >= 0.3 is 0 Å². The minimum absolute atomic E-state index is 0.252. The summed E-state index contributed by atoms with van der Waals surface area (Å²) in [5, 5.41) is 5.63. The van der Waals surface area contributed by atoms with Crippen LogP contribution in [0.5, 0.6) is 5.88 Å². The summed E-state index contributed by atoms with van der Waals surface area (Å²) in [4.78, 5) is 4.35. The van der Waals surface area contributed by atoms with Gasteiger partial charge in [-0.2, -0.15) is 0 Å². The number of aromatic nitrogens is 1. The topological polar surface area (TPSA) is 34.1 Å². The molecule has 2 heterocycles. The number of nitrogens with one attached hydrogen (secondary N) is 1. The molecule has 0 aliphatic carbocycles. The van der Waals surface area contributed by atoms with E-state index in [9.17, 15) is 0 Å². The van der Waals surface area contributed by atoms with Gasteiger partial charge < -0.3 is 10.1 Å². The molecule has 1 aromatic heterocycles. The third-order valence-electron chi connectivity index (χ3n) is 3.17. The van der Waals surface area contributed by atoms with E-state index in [1.807, 2.05) is 24.4 Å². The first-order valence-corrected chi connectivity index (χ1v) is 6.14. The maximum atomic E-state index is 5.99. The van der Waals surface area contributed by atoms with Crippen molar-refractivity contribution < 1.29 is 4.74 Å². The molecule has 0 radical (unpaired) electrons. The fourth-order valence-corrected chi connectivity index (χ4v) is 2.26. The van der Waals surface area contributed by atoms with E-state index in [0.717, 1.165) is 30.8 Å². The average molecular weight is 228 g/mol. The molecule has 0 saturated carbocycles. The lowest BCUT2D eigenvalue weighted by atomic mass is 10.1. The van der Waals surface area contributed by atoms with E-state index >= 15 is 0 Å². The molecule has 2 aromatic rings. The van der Waals surface area contributed by atoms with Crippen molar-refractivity contribution in [3.63, 3.8) is 0 Å². The summed E-state index contributed by atoms with van der Waals surface area (Å²) >= 11 is 0. The van der Waals surface area contributed by atoms with Gasteiger partial charge in [-0.15, -0.1) is 0 Å². The summed E-state index contributed by atoms with van der Waals surface area (Å²) < 4.78 is 5.99. The lowest BCUT2D eigenvalue weighted by molar-refractivity contribution is 0.163.